The number of carbonyl (C=O) groups excluding carboxylic acids is 1. The van der Waals surface area contributed by atoms with Crippen molar-refractivity contribution in [1.29, 1.82) is 0 Å². The molecule has 0 radical (unpaired) electrons. The van der Waals surface area contributed by atoms with E-state index in [0.29, 0.717) is 11.6 Å². The summed E-state index contributed by atoms with van der Waals surface area (Å²) < 4.78 is 5.05. The molecule has 0 unspecified atom stereocenters. The molecule has 3 aromatic heterocycles. The topological polar surface area (TPSA) is 80.9 Å². The van der Waals surface area contributed by atoms with Crippen molar-refractivity contribution in [3.05, 3.63) is 28.1 Å². The molecule has 1 N–H and O–H groups in total. The van der Waals surface area contributed by atoms with Crippen LogP contribution in [-0.4, -0.2) is 26.8 Å². The molecule has 0 saturated heterocycles. The van der Waals surface area contributed by atoms with E-state index in [4.69, 9.17) is 14.5 Å². The fourth-order valence-electron chi connectivity index (χ4n) is 6.68. The van der Waals surface area contributed by atoms with Gasteiger partial charge in [0.05, 0.1) is 5.75 Å². The van der Waals surface area contributed by atoms with Crippen LogP contribution in [0.15, 0.2) is 15.6 Å². The van der Waals surface area contributed by atoms with E-state index in [2.05, 4.69) is 24.3 Å². The monoisotopic (exact) mass is 468 g/mol. The fraction of sp³-hybridized carbons (Fsp3) is 0.583. The van der Waals surface area contributed by atoms with E-state index < -0.39 is 0 Å². The third kappa shape index (κ3) is 3.46. The number of amides is 1. The first-order valence-corrected chi connectivity index (χ1v) is 13.3. The second-order valence-corrected chi connectivity index (χ2v) is 12.3. The maximum atomic E-state index is 12.6. The van der Waals surface area contributed by atoms with Crippen LogP contribution in [0.3, 0.4) is 0 Å². The molecule has 0 aliphatic heterocycles. The van der Waals surface area contributed by atoms with Crippen LogP contribution < -0.4 is 5.32 Å². The van der Waals surface area contributed by atoms with Crippen molar-refractivity contribution >= 4 is 45.0 Å². The van der Waals surface area contributed by atoms with Gasteiger partial charge in [0.15, 0.2) is 5.82 Å². The van der Waals surface area contributed by atoms with Gasteiger partial charge in [-0.2, -0.15) is 0 Å². The Morgan fingerprint density at radius 1 is 1.16 bits per heavy atom. The maximum absolute atomic E-state index is 12.6. The number of fused-ring (bicyclic) bond motifs is 1. The van der Waals surface area contributed by atoms with Crippen molar-refractivity contribution in [3.63, 3.8) is 0 Å². The summed E-state index contributed by atoms with van der Waals surface area (Å²) in [6.07, 6.45) is 7.93. The van der Waals surface area contributed by atoms with Crippen molar-refractivity contribution < 1.29 is 9.32 Å². The van der Waals surface area contributed by atoms with Crippen LogP contribution in [0.4, 0.5) is 5.82 Å². The van der Waals surface area contributed by atoms with Crippen LogP contribution in [0.5, 0.6) is 0 Å². The number of hydrogen-bond donors (Lipinski definition) is 1. The zero-order valence-electron chi connectivity index (χ0n) is 18.7. The molecule has 4 saturated carbocycles. The molecule has 7 rings (SSSR count). The molecule has 4 aliphatic rings. The second-order valence-electron chi connectivity index (χ2n) is 10.2. The molecule has 0 aromatic carbocycles. The summed E-state index contributed by atoms with van der Waals surface area (Å²) in [7, 11) is 0. The Bertz CT molecular complexity index is 1180. The zero-order chi connectivity index (χ0) is 22.0. The molecule has 1 amide bonds. The number of nitrogens with one attached hydrogen (secondary N) is 1. The van der Waals surface area contributed by atoms with Gasteiger partial charge in [0.1, 0.15) is 21.4 Å². The third-order valence-electron chi connectivity index (χ3n) is 7.74. The number of aromatic nitrogens is 3. The van der Waals surface area contributed by atoms with Gasteiger partial charge in [-0.25, -0.2) is 9.97 Å². The lowest BCUT2D eigenvalue weighted by Crippen LogP contribution is -2.49. The highest BCUT2D eigenvalue weighted by Crippen LogP contribution is 2.60. The Balaban J connectivity index is 1.32. The minimum Gasteiger partial charge on any atom is -0.360 e. The van der Waals surface area contributed by atoms with Crippen LogP contribution in [0.25, 0.3) is 10.2 Å². The largest absolute Gasteiger partial charge is 0.360 e. The van der Waals surface area contributed by atoms with Crippen LogP contribution in [0.2, 0.25) is 0 Å². The number of thioether (sulfide) groups is 1. The number of anilines is 1. The molecular formula is C24H28N4O2S2. The summed E-state index contributed by atoms with van der Waals surface area (Å²) in [6, 6.07) is 1.73. The van der Waals surface area contributed by atoms with Gasteiger partial charge in [-0.05, 0) is 82.6 Å². The molecule has 4 bridgehead atoms. The molecule has 6 nitrogen and oxygen atoms in total. The minimum absolute atomic E-state index is 0.101. The van der Waals surface area contributed by atoms with Gasteiger partial charge in [-0.1, -0.05) is 16.9 Å². The normalized spacial score (nSPS) is 28.5. The molecule has 4 fully saturated rings. The number of rotatable bonds is 5. The molecule has 4 aliphatic carbocycles. The maximum Gasteiger partial charge on any atom is 0.236 e. The molecule has 0 atom stereocenters. The Morgan fingerprint density at radius 3 is 2.47 bits per heavy atom. The van der Waals surface area contributed by atoms with Crippen molar-refractivity contribution in [1.82, 2.24) is 15.1 Å². The van der Waals surface area contributed by atoms with E-state index >= 15 is 0 Å². The van der Waals surface area contributed by atoms with E-state index in [1.807, 2.05) is 6.92 Å². The highest BCUT2D eigenvalue weighted by atomic mass is 32.2. The molecule has 3 heterocycles. The lowest BCUT2D eigenvalue weighted by Gasteiger charge is -2.56. The second kappa shape index (κ2) is 7.55. The summed E-state index contributed by atoms with van der Waals surface area (Å²) in [5, 5.41) is 8.75. The quantitative estimate of drug-likeness (QED) is 0.376. The molecule has 168 valence electrons. The lowest BCUT2D eigenvalue weighted by atomic mass is 9.49. The highest BCUT2D eigenvalue weighted by Gasteiger charge is 2.53. The van der Waals surface area contributed by atoms with Crippen LogP contribution >= 0.6 is 23.1 Å². The molecule has 3 aromatic rings. The van der Waals surface area contributed by atoms with Gasteiger partial charge < -0.3 is 9.84 Å². The third-order valence-corrected chi connectivity index (χ3v) is 9.82. The molecule has 8 heteroatoms. The van der Waals surface area contributed by atoms with E-state index in [-0.39, 0.29) is 17.1 Å². The SMILES string of the molecule is Cc1cc(NC(=O)CSc2nc(C34CC5CC(CC(C5)C3)C4)nc3sc(C)c(C)c23)no1. The van der Waals surface area contributed by atoms with Gasteiger partial charge in [-0.15, -0.1) is 11.3 Å². The van der Waals surface area contributed by atoms with E-state index in [1.165, 1.54) is 60.7 Å². The van der Waals surface area contributed by atoms with Crippen molar-refractivity contribution in [2.24, 2.45) is 17.8 Å². The van der Waals surface area contributed by atoms with Crippen LogP contribution in [-0.2, 0) is 10.2 Å². The van der Waals surface area contributed by atoms with Crippen LogP contribution in [0.1, 0.15) is 60.6 Å². The van der Waals surface area contributed by atoms with Crippen molar-refractivity contribution in [2.75, 3.05) is 11.1 Å². The number of nitrogens with zero attached hydrogens (tertiary/aromatic N) is 3. The van der Waals surface area contributed by atoms with Gasteiger partial charge >= 0.3 is 0 Å². The first-order valence-electron chi connectivity index (χ1n) is 11.5. The predicted octanol–water partition coefficient (Wildman–Crippen LogP) is 5.80. The Labute approximate surface area is 196 Å². The summed E-state index contributed by atoms with van der Waals surface area (Å²) in [6.45, 7) is 6.10. The Hall–Kier alpha value is -1.93. The van der Waals surface area contributed by atoms with Crippen LogP contribution in [0, 0.1) is 38.5 Å². The van der Waals surface area contributed by atoms with E-state index in [0.717, 1.165) is 38.8 Å². The number of aryl methyl sites for hydroxylation is 3. The number of hydrogen-bond acceptors (Lipinski definition) is 7. The Kier molecular flexibility index (Phi) is 4.88. The van der Waals surface area contributed by atoms with E-state index in [1.54, 1.807) is 17.4 Å². The summed E-state index contributed by atoms with van der Waals surface area (Å²) >= 11 is 3.28. The average Bonchev–Trinajstić information content (AvgIpc) is 3.27. The van der Waals surface area contributed by atoms with Gasteiger partial charge in [0.25, 0.3) is 0 Å². The standard InChI is InChI=1S/C24H28N4O2S2/c1-12-4-18(28-30-12)25-19(29)11-31-21-20-13(2)14(3)32-22(20)27-23(26-21)24-8-15-5-16(9-24)7-17(6-15)10-24/h4,15-17H,5-11H2,1-3H3,(H,25,28,29). The Morgan fingerprint density at radius 2 is 1.84 bits per heavy atom. The summed E-state index contributed by atoms with van der Waals surface area (Å²) in [5.41, 5.74) is 1.38. The van der Waals surface area contributed by atoms with Gasteiger partial charge in [0.2, 0.25) is 5.91 Å². The van der Waals surface area contributed by atoms with E-state index in [9.17, 15) is 4.79 Å². The lowest BCUT2D eigenvalue weighted by molar-refractivity contribution is -0.113. The number of carbonyl (C=O) groups is 1. The molecule has 32 heavy (non-hydrogen) atoms. The van der Waals surface area contributed by atoms with Crippen molar-refractivity contribution in [2.45, 2.75) is 69.7 Å². The van der Waals surface area contributed by atoms with Gasteiger partial charge in [0, 0.05) is 21.7 Å². The predicted molar refractivity (Wildman–Crippen MR) is 127 cm³/mol. The zero-order valence-corrected chi connectivity index (χ0v) is 20.4. The first-order chi connectivity index (χ1) is 15.4. The highest BCUT2D eigenvalue weighted by molar-refractivity contribution is 8.00. The summed E-state index contributed by atoms with van der Waals surface area (Å²) in [4.78, 5) is 25.3. The number of thiophene rings is 1. The first kappa shape index (κ1) is 20.7. The smallest absolute Gasteiger partial charge is 0.236 e. The molecular weight excluding hydrogens is 440 g/mol. The van der Waals surface area contributed by atoms with Gasteiger partial charge in [-0.3, -0.25) is 4.79 Å². The molecule has 0 spiro atoms. The van der Waals surface area contributed by atoms with Crippen molar-refractivity contribution in [3.8, 4) is 0 Å². The fourth-order valence-corrected chi connectivity index (χ4v) is 8.66. The average molecular weight is 469 g/mol. The summed E-state index contributed by atoms with van der Waals surface area (Å²) in [5.74, 6) is 4.90. The minimum atomic E-state index is -0.101.